The molecule has 1 fully saturated rings. The van der Waals surface area contributed by atoms with Crippen LogP contribution in [0.2, 0.25) is 0 Å². The number of likely N-dealkylation sites (tertiary alicyclic amines) is 1. The van der Waals surface area contributed by atoms with Gasteiger partial charge in [-0.2, -0.15) is 0 Å². The van der Waals surface area contributed by atoms with Crippen molar-refractivity contribution >= 4 is 11.9 Å². The molecule has 1 aliphatic heterocycles. The summed E-state index contributed by atoms with van der Waals surface area (Å²) in [6, 6.07) is -0.785. The molecule has 0 spiro atoms. The molecule has 1 aliphatic rings. The van der Waals surface area contributed by atoms with Crippen molar-refractivity contribution in [2.45, 2.75) is 45.6 Å². The maximum absolute atomic E-state index is 12.4. The Morgan fingerprint density at radius 2 is 2.15 bits per heavy atom. The van der Waals surface area contributed by atoms with Gasteiger partial charge in [-0.05, 0) is 18.8 Å². The average Bonchev–Trinajstić information content (AvgIpc) is 2.87. The number of carbonyl (C=O) groups is 2. The molecule has 2 N–H and O–H groups in total. The monoisotopic (exact) mass is 280 g/mol. The number of nitrogens with zero attached hydrogens (tertiary/aromatic N) is 3. The summed E-state index contributed by atoms with van der Waals surface area (Å²) in [7, 11) is 0. The van der Waals surface area contributed by atoms with E-state index in [0.717, 1.165) is 6.42 Å². The molecule has 0 saturated carbocycles. The quantitative estimate of drug-likeness (QED) is 0.868. The van der Waals surface area contributed by atoms with Gasteiger partial charge in [0.25, 0.3) is 5.91 Å². The number of piperidine rings is 1. The highest BCUT2D eigenvalue weighted by atomic mass is 16.4. The average molecular weight is 280 g/mol. The van der Waals surface area contributed by atoms with Crippen LogP contribution in [0.5, 0.6) is 0 Å². The summed E-state index contributed by atoms with van der Waals surface area (Å²) in [6.07, 6.45) is 1.28. The van der Waals surface area contributed by atoms with E-state index in [-0.39, 0.29) is 11.7 Å². The summed E-state index contributed by atoms with van der Waals surface area (Å²) in [5, 5.41) is 15.9. The molecular formula is C13H20N4O3. The van der Waals surface area contributed by atoms with Crippen molar-refractivity contribution in [2.24, 2.45) is 5.92 Å². The zero-order valence-corrected chi connectivity index (χ0v) is 12.0. The highest BCUT2D eigenvalue weighted by Crippen LogP contribution is 2.24. The molecule has 2 atom stereocenters. The molecule has 7 nitrogen and oxygen atoms in total. The number of amides is 1. The molecule has 0 aliphatic carbocycles. The Bertz CT molecular complexity index is 511. The van der Waals surface area contributed by atoms with Crippen LogP contribution in [0.4, 0.5) is 0 Å². The number of aliphatic carboxylic acids is 1. The molecule has 1 aromatic heterocycles. The highest BCUT2D eigenvalue weighted by molar-refractivity contribution is 5.93. The van der Waals surface area contributed by atoms with Crippen molar-refractivity contribution in [3.8, 4) is 0 Å². The number of aromatic nitrogens is 3. The maximum Gasteiger partial charge on any atom is 0.326 e. The van der Waals surface area contributed by atoms with Crippen LogP contribution in [-0.2, 0) is 4.79 Å². The molecule has 2 unspecified atom stereocenters. The third kappa shape index (κ3) is 2.81. The van der Waals surface area contributed by atoms with Crippen LogP contribution in [0.15, 0.2) is 0 Å². The first kappa shape index (κ1) is 14.5. The van der Waals surface area contributed by atoms with Crippen molar-refractivity contribution < 1.29 is 14.7 Å². The second-order valence-electron chi connectivity index (χ2n) is 5.68. The second kappa shape index (κ2) is 5.60. The Morgan fingerprint density at radius 1 is 1.45 bits per heavy atom. The molecule has 2 rings (SSSR count). The number of rotatable bonds is 3. The molecule has 20 heavy (non-hydrogen) atoms. The number of H-pyrrole nitrogens is 1. The number of carboxylic acids is 1. The Morgan fingerprint density at radius 3 is 2.70 bits per heavy atom. The topological polar surface area (TPSA) is 99.2 Å². The van der Waals surface area contributed by atoms with Crippen LogP contribution < -0.4 is 0 Å². The third-order valence-electron chi connectivity index (χ3n) is 3.65. The van der Waals surface area contributed by atoms with Gasteiger partial charge in [-0.1, -0.05) is 20.8 Å². The number of nitrogens with one attached hydrogen (secondary N) is 1. The van der Waals surface area contributed by atoms with Crippen molar-refractivity contribution in [1.82, 2.24) is 20.1 Å². The van der Waals surface area contributed by atoms with E-state index in [0.29, 0.717) is 24.7 Å². The van der Waals surface area contributed by atoms with Crippen LogP contribution in [0, 0.1) is 5.92 Å². The van der Waals surface area contributed by atoms with E-state index in [2.05, 4.69) is 15.2 Å². The van der Waals surface area contributed by atoms with E-state index in [4.69, 9.17) is 0 Å². The molecule has 1 saturated heterocycles. The van der Waals surface area contributed by atoms with Gasteiger partial charge >= 0.3 is 5.97 Å². The highest BCUT2D eigenvalue weighted by Gasteiger charge is 2.36. The number of hydrogen-bond donors (Lipinski definition) is 2. The van der Waals surface area contributed by atoms with E-state index in [1.165, 1.54) is 4.90 Å². The van der Waals surface area contributed by atoms with E-state index in [1.54, 1.807) is 0 Å². The lowest BCUT2D eigenvalue weighted by molar-refractivity contribution is -0.144. The van der Waals surface area contributed by atoms with Crippen molar-refractivity contribution in [3.05, 3.63) is 11.6 Å². The van der Waals surface area contributed by atoms with Crippen LogP contribution in [0.1, 0.15) is 56.0 Å². The Labute approximate surface area is 117 Å². The first-order valence-corrected chi connectivity index (χ1v) is 6.86. The first-order chi connectivity index (χ1) is 9.40. The van der Waals surface area contributed by atoms with Crippen molar-refractivity contribution in [2.75, 3.05) is 6.54 Å². The second-order valence-corrected chi connectivity index (χ2v) is 5.68. The Balaban J connectivity index is 2.19. The van der Waals surface area contributed by atoms with Gasteiger partial charge in [0, 0.05) is 12.5 Å². The molecule has 0 bridgehead atoms. The zero-order valence-electron chi connectivity index (χ0n) is 12.0. The smallest absolute Gasteiger partial charge is 0.326 e. The van der Waals surface area contributed by atoms with Gasteiger partial charge in [-0.3, -0.25) is 9.89 Å². The summed E-state index contributed by atoms with van der Waals surface area (Å²) in [4.78, 5) is 29.2. The molecule has 0 radical (unpaired) electrons. The van der Waals surface area contributed by atoms with Crippen molar-refractivity contribution in [3.63, 3.8) is 0 Å². The summed E-state index contributed by atoms with van der Waals surface area (Å²) in [5.74, 6) is -0.253. The van der Waals surface area contributed by atoms with Crippen LogP contribution in [0.3, 0.4) is 0 Å². The fourth-order valence-corrected chi connectivity index (χ4v) is 2.38. The minimum atomic E-state index is -0.968. The van der Waals surface area contributed by atoms with Gasteiger partial charge in [-0.25, -0.2) is 9.78 Å². The van der Waals surface area contributed by atoms with E-state index in [9.17, 15) is 14.7 Å². The lowest BCUT2D eigenvalue weighted by Gasteiger charge is -2.35. The largest absolute Gasteiger partial charge is 0.480 e. The van der Waals surface area contributed by atoms with Crippen molar-refractivity contribution in [1.29, 1.82) is 0 Å². The SMILES string of the molecule is CC1CCN(C(=O)c2n[nH]c(C(C)C)n2)C(C(=O)O)C1. The summed E-state index contributed by atoms with van der Waals surface area (Å²) in [6.45, 7) is 6.32. The number of aromatic amines is 1. The van der Waals surface area contributed by atoms with E-state index in [1.807, 2.05) is 20.8 Å². The van der Waals surface area contributed by atoms with Gasteiger partial charge in [0.05, 0.1) is 0 Å². The Hall–Kier alpha value is -1.92. The predicted octanol–water partition coefficient (Wildman–Crippen LogP) is 1.25. The van der Waals surface area contributed by atoms with Crippen LogP contribution >= 0.6 is 0 Å². The summed E-state index contributed by atoms with van der Waals surface area (Å²) in [5.41, 5.74) is 0. The predicted molar refractivity (Wildman–Crippen MR) is 71.3 cm³/mol. The normalized spacial score (nSPS) is 23.1. The molecule has 7 heteroatoms. The molecule has 110 valence electrons. The minimum absolute atomic E-state index is 0.0505. The van der Waals surface area contributed by atoms with Gasteiger partial charge < -0.3 is 10.0 Å². The molecule has 1 amide bonds. The number of carbonyl (C=O) groups excluding carboxylic acids is 1. The minimum Gasteiger partial charge on any atom is -0.480 e. The van der Waals surface area contributed by atoms with Gasteiger partial charge in [-0.15, -0.1) is 5.10 Å². The van der Waals surface area contributed by atoms with E-state index >= 15 is 0 Å². The lowest BCUT2D eigenvalue weighted by Crippen LogP contribution is -2.50. The number of hydrogen-bond acceptors (Lipinski definition) is 4. The Kier molecular flexibility index (Phi) is 4.06. The van der Waals surface area contributed by atoms with E-state index < -0.39 is 17.9 Å². The molecule has 2 heterocycles. The van der Waals surface area contributed by atoms with Crippen LogP contribution in [0.25, 0.3) is 0 Å². The zero-order chi connectivity index (χ0) is 14.9. The van der Waals surface area contributed by atoms with Crippen LogP contribution in [-0.4, -0.2) is 49.7 Å². The molecule has 0 aromatic carbocycles. The molecule has 1 aromatic rings. The lowest BCUT2D eigenvalue weighted by atomic mass is 9.92. The third-order valence-corrected chi connectivity index (χ3v) is 3.65. The maximum atomic E-state index is 12.4. The summed E-state index contributed by atoms with van der Waals surface area (Å²) >= 11 is 0. The summed E-state index contributed by atoms with van der Waals surface area (Å²) < 4.78 is 0. The van der Waals surface area contributed by atoms with Gasteiger partial charge in [0.2, 0.25) is 5.82 Å². The number of carboxylic acid groups (broad SMARTS) is 1. The van der Waals surface area contributed by atoms with Gasteiger partial charge in [0.1, 0.15) is 11.9 Å². The fourth-order valence-electron chi connectivity index (χ4n) is 2.38. The first-order valence-electron chi connectivity index (χ1n) is 6.86. The van der Waals surface area contributed by atoms with Gasteiger partial charge in [0.15, 0.2) is 0 Å². The molecular weight excluding hydrogens is 260 g/mol. The fraction of sp³-hybridized carbons (Fsp3) is 0.692. The standard InChI is InChI=1S/C13H20N4O3/c1-7(2)10-14-11(16-15-10)12(18)17-5-4-8(3)6-9(17)13(19)20/h7-9H,4-6H2,1-3H3,(H,19,20)(H,14,15,16).